The number of hydrogen-bond acceptors (Lipinski definition) is 1. The van der Waals surface area contributed by atoms with E-state index in [9.17, 15) is 9.18 Å². The van der Waals surface area contributed by atoms with E-state index < -0.39 is 0 Å². The monoisotopic (exact) mass is 309 g/mol. The molecule has 20 heavy (non-hydrogen) atoms. The Bertz CT molecular complexity index is 653. The Labute approximate surface area is 125 Å². The van der Waals surface area contributed by atoms with Crippen LogP contribution in [0.25, 0.3) is 6.08 Å². The van der Waals surface area contributed by atoms with Crippen LogP contribution in [-0.4, -0.2) is 5.91 Å². The topological polar surface area (TPSA) is 29.1 Å². The summed E-state index contributed by atoms with van der Waals surface area (Å²) in [5.41, 5.74) is 1.28. The highest BCUT2D eigenvalue weighted by molar-refractivity contribution is 6.42. The molecule has 0 aromatic heterocycles. The predicted molar refractivity (Wildman–Crippen MR) is 80.5 cm³/mol. The molecule has 0 spiro atoms. The van der Waals surface area contributed by atoms with Crippen molar-refractivity contribution >= 4 is 40.9 Å². The molecule has 0 unspecified atom stereocenters. The van der Waals surface area contributed by atoms with Gasteiger partial charge in [0.05, 0.1) is 10.0 Å². The van der Waals surface area contributed by atoms with E-state index >= 15 is 0 Å². The molecule has 0 fully saturated rings. The molecular weight excluding hydrogens is 300 g/mol. The molecule has 2 rings (SSSR count). The molecule has 0 saturated carbocycles. The van der Waals surface area contributed by atoms with Gasteiger partial charge in [-0.1, -0.05) is 29.3 Å². The van der Waals surface area contributed by atoms with Gasteiger partial charge in [0.2, 0.25) is 5.91 Å². The van der Waals surface area contributed by atoms with Gasteiger partial charge in [-0.2, -0.15) is 0 Å². The van der Waals surface area contributed by atoms with Crippen molar-refractivity contribution in [2.24, 2.45) is 0 Å². The highest BCUT2D eigenvalue weighted by atomic mass is 35.5. The quantitative estimate of drug-likeness (QED) is 0.812. The summed E-state index contributed by atoms with van der Waals surface area (Å²) >= 11 is 11.7. The fourth-order valence-electron chi connectivity index (χ4n) is 1.51. The number of anilines is 1. The summed E-state index contributed by atoms with van der Waals surface area (Å²) in [5, 5.41) is 3.50. The van der Waals surface area contributed by atoms with Crippen molar-refractivity contribution in [1.29, 1.82) is 0 Å². The Hall–Kier alpha value is -1.84. The highest BCUT2D eigenvalue weighted by Gasteiger charge is 2.00. The number of hydrogen-bond donors (Lipinski definition) is 1. The van der Waals surface area contributed by atoms with Crippen molar-refractivity contribution in [3.63, 3.8) is 0 Å². The number of benzene rings is 2. The zero-order valence-electron chi connectivity index (χ0n) is 10.2. The van der Waals surface area contributed by atoms with Crippen LogP contribution in [0.3, 0.4) is 0 Å². The molecule has 1 amide bonds. The lowest BCUT2D eigenvalue weighted by Gasteiger charge is -2.01. The van der Waals surface area contributed by atoms with Crippen LogP contribution in [0.15, 0.2) is 48.5 Å². The number of carbonyl (C=O) groups excluding carboxylic acids is 1. The first-order valence-corrected chi connectivity index (χ1v) is 6.50. The largest absolute Gasteiger partial charge is 0.323 e. The van der Waals surface area contributed by atoms with Crippen LogP contribution in [0.1, 0.15) is 5.56 Å². The zero-order chi connectivity index (χ0) is 14.5. The van der Waals surface area contributed by atoms with E-state index in [1.165, 1.54) is 30.3 Å². The average Bonchev–Trinajstić information content (AvgIpc) is 2.43. The molecular formula is C15H10Cl2FNO. The van der Waals surface area contributed by atoms with Crippen LogP contribution in [-0.2, 0) is 4.79 Å². The van der Waals surface area contributed by atoms with Gasteiger partial charge in [0.15, 0.2) is 0 Å². The molecule has 0 aliphatic heterocycles. The number of carbonyl (C=O) groups is 1. The van der Waals surface area contributed by atoms with Gasteiger partial charge in [-0.25, -0.2) is 4.39 Å². The normalized spacial score (nSPS) is 10.8. The maximum Gasteiger partial charge on any atom is 0.248 e. The van der Waals surface area contributed by atoms with Crippen LogP contribution >= 0.6 is 23.2 Å². The minimum atomic E-state index is -0.352. The molecule has 2 nitrogen and oxygen atoms in total. The maximum atomic E-state index is 12.7. The van der Waals surface area contributed by atoms with E-state index in [4.69, 9.17) is 23.2 Å². The molecule has 0 radical (unpaired) electrons. The van der Waals surface area contributed by atoms with Gasteiger partial charge in [0.25, 0.3) is 0 Å². The number of halogens is 3. The molecule has 0 aliphatic carbocycles. The fourth-order valence-corrected chi connectivity index (χ4v) is 1.81. The van der Waals surface area contributed by atoms with E-state index in [-0.39, 0.29) is 11.7 Å². The third-order valence-electron chi connectivity index (χ3n) is 2.48. The van der Waals surface area contributed by atoms with Gasteiger partial charge in [0, 0.05) is 11.8 Å². The molecule has 2 aromatic rings. The van der Waals surface area contributed by atoms with Crippen molar-refractivity contribution < 1.29 is 9.18 Å². The third kappa shape index (κ3) is 4.08. The second kappa shape index (κ2) is 6.55. The SMILES string of the molecule is O=C(/C=C/c1ccc(Cl)c(Cl)c1)Nc1ccc(F)cc1. The minimum Gasteiger partial charge on any atom is -0.323 e. The lowest BCUT2D eigenvalue weighted by atomic mass is 10.2. The Morgan fingerprint density at radius 3 is 2.40 bits per heavy atom. The average molecular weight is 310 g/mol. The molecule has 5 heteroatoms. The molecule has 102 valence electrons. The zero-order valence-corrected chi connectivity index (χ0v) is 11.8. The summed E-state index contributed by atoms with van der Waals surface area (Å²) in [5.74, 6) is -0.669. The van der Waals surface area contributed by atoms with Crippen LogP contribution in [0.4, 0.5) is 10.1 Å². The van der Waals surface area contributed by atoms with Crippen LogP contribution < -0.4 is 5.32 Å². The third-order valence-corrected chi connectivity index (χ3v) is 3.22. The van der Waals surface area contributed by atoms with E-state index in [0.29, 0.717) is 15.7 Å². The van der Waals surface area contributed by atoms with E-state index in [0.717, 1.165) is 5.56 Å². The predicted octanol–water partition coefficient (Wildman–Crippen LogP) is 4.78. The molecule has 1 N–H and O–H groups in total. The van der Waals surface area contributed by atoms with Crippen molar-refractivity contribution in [3.05, 3.63) is 70.0 Å². The smallest absolute Gasteiger partial charge is 0.248 e. The first-order chi connectivity index (χ1) is 9.54. The Balaban J connectivity index is 2.01. The summed E-state index contributed by atoms with van der Waals surface area (Å²) < 4.78 is 12.7. The fraction of sp³-hybridized carbons (Fsp3) is 0. The maximum absolute atomic E-state index is 12.7. The summed E-state index contributed by atoms with van der Waals surface area (Å²) in [6, 6.07) is 10.6. The van der Waals surface area contributed by atoms with E-state index in [1.807, 2.05) is 0 Å². The van der Waals surface area contributed by atoms with Gasteiger partial charge < -0.3 is 5.32 Å². The number of rotatable bonds is 3. The first-order valence-electron chi connectivity index (χ1n) is 5.74. The molecule has 0 aliphatic rings. The van der Waals surface area contributed by atoms with Crippen molar-refractivity contribution in [2.75, 3.05) is 5.32 Å². The standard InChI is InChI=1S/C15H10Cl2FNO/c16-13-7-1-10(9-14(13)17)2-8-15(20)19-12-5-3-11(18)4-6-12/h1-9H,(H,19,20)/b8-2+. The Kier molecular flexibility index (Phi) is 4.77. The first kappa shape index (κ1) is 14.6. The van der Waals surface area contributed by atoms with Crippen molar-refractivity contribution in [2.45, 2.75) is 0 Å². The summed E-state index contributed by atoms with van der Waals surface area (Å²) in [6.45, 7) is 0. The second-order valence-electron chi connectivity index (χ2n) is 4.00. The van der Waals surface area contributed by atoms with Gasteiger partial charge in [-0.05, 0) is 48.0 Å². The van der Waals surface area contributed by atoms with E-state index in [2.05, 4.69) is 5.32 Å². The number of amides is 1. The van der Waals surface area contributed by atoms with Gasteiger partial charge in [0.1, 0.15) is 5.82 Å². The second-order valence-corrected chi connectivity index (χ2v) is 4.82. The lowest BCUT2D eigenvalue weighted by molar-refractivity contribution is -0.111. The Morgan fingerprint density at radius 2 is 1.75 bits per heavy atom. The molecule has 0 saturated heterocycles. The summed E-state index contributed by atoms with van der Waals surface area (Å²) in [7, 11) is 0. The Morgan fingerprint density at radius 1 is 1.05 bits per heavy atom. The van der Waals surface area contributed by atoms with Crippen LogP contribution in [0.2, 0.25) is 10.0 Å². The van der Waals surface area contributed by atoms with Gasteiger partial charge in [-0.15, -0.1) is 0 Å². The van der Waals surface area contributed by atoms with E-state index in [1.54, 1.807) is 24.3 Å². The molecule has 2 aromatic carbocycles. The van der Waals surface area contributed by atoms with Crippen LogP contribution in [0, 0.1) is 5.82 Å². The summed E-state index contributed by atoms with van der Waals surface area (Å²) in [6.07, 6.45) is 2.98. The number of nitrogens with one attached hydrogen (secondary N) is 1. The molecule has 0 atom stereocenters. The van der Waals surface area contributed by atoms with Crippen molar-refractivity contribution in [3.8, 4) is 0 Å². The van der Waals surface area contributed by atoms with Crippen molar-refractivity contribution in [1.82, 2.24) is 0 Å². The minimum absolute atomic E-state index is 0.317. The van der Waals surface area contributed by atoms with Crippen LogP contribution in [0.5, 0.6) is 0 Å². The molecule has 0 heterocycles. The highest BCUT2D eigenvalue weighted by Crippen LogP contribution is 2.23. The van der Waals surface area contributed by atoms with Gasteiger partial charge in [-0.3, -0.25) is 4.79 Å². The molecule has 0 bridgehead atoms. The summed E-state index contributed by atoms with van der Waals surface area (Å²) in [4.78, 5) is 11.7. The van der Waals surface area contributed by atoms with Gasteiger partial charge >= 0.3 is 0 Å². The lowest BCUT2D eigenvalue weighted by Crippen LogP contribution is -2.07.